The summed E-state index contributed by atoms with van der Waals surface area (Å²) < 4.78 is 2.25. The van der Waals surface area contributed by atoms with E-state index >= 15 is 0 Å². The molecule has 5 aromatic rings. The van der Waals surface area contributed by atoms with E-state index in [1.54, 1.807) is 6.21 Å². The van der Waals surface area contributed by atoms with Crippen molar-refractivity contribution in [1.82, 2.24) is 4.57 Å². The summed E-state index contributed by atoms with van der Waals surface area (Å²) in [4.78, 5) is 12.4. The van der Waals surface area contributed by atoms with E-state index in [-0.39, 0.29) is 5.91 Å². The van der Waals surface area contributed by atoms with Crippen molar-refractivity contribution in [3.63, 3.8) is 0 Å². The van der Waals surface area contributed by atoms with Gasteiger partial charge in [0, 0.05) is 22.2 Å². The SMILES string of the molecule is O=C1Nc2ccccc2/C1=N\N=C/c1c(-c2ccccc2)n(-c2ccccc2)c2ccccc12. The van der Waals surface area contributed by atoms with Crippen LogP contribution in [0.25, 0.3) is 27.8 Å². The third-order valence-electron chi connectivity index (χ3n) is 5.97. The maximum Gasteiger partial charge on any atom is 0.276 e. The fourth-order valence-corrected chi connectivity index (χ4v) is 4.47. The lowest BCUT2D eigenvalue weighted by Gasteiger charge is -2.12. The number of amides is 1. The predicted molar refractivity (Wildman–Crippen MR) is 138 cm³/mol. The molecule has 1 N–H and O–H groups in total. The molecule has 5 nitrogen and oxygen atoms in total. The first-order valence-electron chi connectivity index (χ1n) is 11.1. The number of para-hydroxylation sites is 3. The molecule has 1 aromatic heterocycles. The average Bonchev–Trinajstić information content (AvgIpc) is 3.39. The summed E-state index contributed by atoms with van der Waals surface area (Å²) >= 11 is 0. The third kappa shape index (κ3) is 3.31. The van der Waals surface area contributed by atoms with Gasteiger partial charge in [0.1, 0.15) is 0 Å². The van der Waals surface area contributed by atoms with Crippen molar-refractivity contribution in [2.24, 2.45) is 10.2 Å². The Morgan fingerprint density at radius 3 is 2.24 bits per heavy atom. The predicted octanol–water partition coefficient (Wildman–Crippen LogP) is 6.07. The minimum absolute atomic E-state index is 0.242. The van der Waals surface area contributed by atoms with Crippen LogP contribution in [-0.2, 0) is 4.79 Å². The third-order valence-corrected chi connectivity index (χ3v) is 5.97. The Labute approximate surface area is 196 Å². The number of nitrogens with zero attached hydrogens (tertiary/aromatic N) is 3. The number of hydrogen-bond acceptors (Lipinski definition) is 3. The number of carbonyl (C=O) groups excluding carboxylic acids is 1. The molecule has 0 atom stereocenters. The van der Waals surface area contributed by atoms with Gasteiger partial charge in [-0.2, -0.15) is 5.10 Å². The molecule has 0 saturated heterocycles. The lowest BCUT2D eigenvalue weighted by molar-refractivity contribution is -0.110. The molecule has 0 bridgehead atoms. The van der Waals surface area contributed by atoms with Gasteiger partial charge in [-0.1, -0.05) is 84.9 Å². The normalized spacial score (nSPS) is 14.1. The van der Waals surface area contributed by atoms with E-state index in [1.807, 2.05) is 72.8 Å². The Hall–Kier alpha value is -4.77. The van der Waals surface area contributed by atoms with Crippen molar-refractivity contribution in [2.45, 2.75) is 0 Å². The number of aromatic nitrogens is 1. The quantitative estimate of drug-likeness (QED) is 0.267. The van der Waals surface area contributed by atoms with Crippen molar-refractivity contribution in [3.8, 4) is 16.9 Å². The molecule has 162 valence electrons. The Morgan fingerprint density at radius 2 is 1.41 bits per heavy atom. The molecule has 0 fully saturated rings. The van der Waals surface area contributed by atoms with Crippen molar-refractivity contribution in [2.75, 3.05) is 5.32 Å². The Balaban J connectivity index is 1.56. The van der Waals surface area contributed by atoms with E-state index < -0.39 is 0 Å². The number of hydrogen-bond donors (Lipinski definition) is 1. The van der Waals surface area contributed by atoms with Crippen molar-refractivity contribution < 1.29 is 4.79 Å². The molecule has 6 rings (SSSR count). The van der Waals surface area contributed by atoms with Gasteiger partial charge < -0.3 is 9.88 Å². The molecule has 1 amide bonds. The van der Waals surface area contributed by atoms with Crippen molar-refractivity contribution in [3.05, 3.63) is 120 Å². The van der Waals surface area contributed by atoms with E-state index in [1.165, 1.54) is 0 Å². The first-order valence-corrected chi connectivity index (χ1v) is 11.1. The van der Waals surface area contributed by atoms with Gasteiger partial charge in [0.05, 0.1) is 23.1 Å². The summed E-state index contributed by atoms with van der Waals surface area (Å²) in [6, 6.07) is 36.3. The summed E-state index contributed by atoms with van der Waals surface area (Å²) in [5, 5.41) is 12.6. The second kappa shape index (κ2) is 8.30. The first-order chi connectivity index (χ1) is 16.8. The molecule has 1 aliphatic heterocycles. The first kappa shape index (κ1) is 19.9. The lowest BCUT2D eigenvalue weighted by atomic mass is 10.1. The fourth-order valence-electron chi connectivity index (χ4n) is 4.47. The molecule has 0 spiro atoms. The number of anilines is 1. The zero-order valence-corrected chi connectivity index (χ0v) is 18.2. The number of nitrogens with one attached hydrogen (secondary N) is 1. The molecule has 2 heterocycles. The molecule has 1 aliphatic rings. The van der Waals surface area contributed by atoms with Crippen LogP contribution in [0, 0.1) is 0 Å². The van der Waals surface area contributed by atoms with E-state index in [9.17, 15) is 4.79 Å². The average molecular weight is 441 g/mol. The fraction of sp³-hybridized carbons (Fsp3) is 0. The molecule has 0 saturated carbocycles. The highest BCUT2D eigenvalue weighted by Crippen LogP contribution is 2.35. The Kier molecular flexibility index (Phi) is 4.85. The van der Waals surface area contributed by atoms with Crippen LogP contribution in [0.2, 0.25) is 0 Å². The molecule has 0 radical (unpaired) electrons. The van der Waals surface area contributed by atoms with Gasteiger partial charge in [-0.3, -0.25) is 4.79 Å². The number of benzene rings is 4. The zero-order valence-electron chi connectivity index (χ0n) is 18.2. The molecule has 0 unspecified atom stereocenters. The molecule has 5 heteroatoms. The summed E-state index contributed by atoms with van der Waals surface area (Å²) in [6.45, 7) is 0. The van der Waals surface area contributed by atoms with E-state index in [0.717, 1.165) is 44.7 Å². The van der Waals surface area contributed by atoms with Crippen LogP contribution < -0.4 is 5.32 Å². The molecule has 0 aliphatic carbocycles. The minimum atomic E-state index is -0.242. The Bertz CT molecular complexity index is 1580. The van der Waals surface area contributed by atoms with Gasteiger partial charge in [0.15, 0.2) is 5.71 Å². The second-order valence-electron chi connectivity index (χ2n) is 8.01. The zero-order chi connectivity index (χ0) is 22.9. The summed E-state index contributed by atoms with van der Waals surface area (Å²) in [5.41, 5.74) is 7.01. The highest BCUT2D eigenvalue weighted by atomic mass is 16.2. The lowest BCUT2D eigenvalue weighted by Crippen LogP contribution is -2.13. The van der Waals surface area contributed by atoms with Gasteiger partial charge >= 0.3 is 0 Å². The number of carbonyl (C=O) groups is 1. The monoisotopic (exact) mass is 440 g/mol. The summed E-state index contributed by atoms with van der Waals surface area (Å²) in [5.74, 6) is -0.242. The van der Waals surface area contributed by atoms with Crippen LogP contribution in [-0.4, -0.2) is 22.4 Å². The van der Waals surface area contributed by atoms with Gasteiger partial charge in [-0.25, -0.2) is 0 Å². The molecule has 4 aromatic carbocycles. The van der Waals surface area contributed by atoms with Crippen LogP contribution in [0.3, 0.4) is 0 Å². The maximum absolute atomic E-state index is 12.4. The largest absolute Gasteiger partial charge is 0.320 e. The topological polar surface area (TPSA) is 58.8 Å². The van der Waals surface area contributed by atoms with Crippen LogP contribution in [0.5, 0.6) is 0 Å². The smallest absolute Gasteiger partial charge is 0.276 e. The number of rotatable bonds is 4. The highest BCUT2D eigenvalue weighted by Gasteiger charge is 2.25. The van der Waals surface area contributed by atoms with Crippen molar-refractivity contribution in [1.29, 1.82) is 0 Å². The van der Waals surface area contributed by atoms with E-state index in [4.69, 9.17) is 0 Å². The van der Waals surface area contributed by atoms with E-state index in [0.29, 0.717) is 5.71 Å². The van der Waals surface area contributed by atoms with Crippen LogP contribution >= 0.6 is 0 Å². The van der Waals surface area contributed by atoms with Gasteiger partial charge in [0.25, 0.3) is 5.91 Å². The minimum Gasteiger partial charge on any atom is -0.320 e. The summed E-state index contributed by atoms with van der Waals surface area (Å²) in [6.07, 6.45) is 1.76. The number of fused-ring (bicyclic) bond motifs is 2. The summed E-state index contributed by atoms with van der Waals surface area (Å²) in [7, 11) is 0. The van der Waals surface area contributed by atoms with Gasteiger partial charge in [0.2, 0.25) is 0 Å². The standard InChI is InChI=1S/C29H20N4O/c34-29-27(23-16-7-9-17-25(23)31-29)32-30-19-24-22-15-8-10-18-26(22)33(21-13-5-2-6-14-21)28(24)20-11-3-1-4-12-20/h1-19H,(H,31,32,34)/b30-19-. The maximum atomic E-state index is 12.4. The Morgan fingerprint density at radius 1 is 0.735 bits per heavy atom. The highest BCUT2D eigenvalue weighted by molar-refractivity contribution is 6.53. The van der Waals surface area contributed by atoms with Crippen LogP contribution in [0.4, 0.5) is 5.69 Å². The molecule has 34 heavy (non-hydrogen) atoms. The van der Waals surface area contributed by atoms with Crippen LogP contribution in [0.15, 0.2) is 119 Å². The van der Waals surface area contributed by atoms with Gasteiger partial charge in [-0.05, 0) is 29.8 Å². The van der Waals surface area contributed by atoms with Gasteiger partial charge in [-0.15, -0.1) is 5.10 Å². The molecular formula is C29H20N4O. The van der Waals surface area contributed by atoms with Crippen LogP contribution in [0.1, 0.15) is 11.1 Å². The second-order valence-corrected chi connectivity index (χ2v) is 8.01. The van der Waals surface area contributed by atoms with Crippen molar-refractivity contribution >= 4 is 34.4 Å². The van der Waals surface area contributed by atoms with E-state index in [2.05, 4.69) is 56.5 Å². The molecular weight excluding hydrogens is 420 g/mol.